The van der Waals surface area contributed by atoms with Gasteiger partial charge in [0, 0.05) is 24.0 Å². The minimum absolute atomic E-state index is 0.0384. The summed E-state index contributed by atoms with van der Waals surface area (Å²) in [6.07, 6.45) is 6.07. The fraction of sp³-hybridized carbons (Fsp3) is 0.364. The molecule has 0 radical (unpaired) electrons. The summed E-state index contributed by atoms with van der Waals surface area (Å²) in [7, 11) is 1.32. The molecule has 0 fully saturated rings. The molecule has 0 N–H and O–H groups in total. The molecule has 5 nitrogen and oxygen atoms in total. The van der Waals surface area contributed by atoms with Gasteiger partial charge in [-0.1, -0.05) is 0 Å². The molecule has 1 aromatic heterocycles. The lowest BCUT2D eigenvalue weighted by molar-refractivity contribution is -0.134. The average Bonchev–Trinajstić information content (AvgIpc) is 2.27. The van der Waals surface area contributed by atoms with Crippen molar-refractivity contribution in [2.24, 2.45) is 0 Å². The summed E-state index contributed by atoms with van der Waals surface area (Å²) in [4.78, 5) is 18.8. The van der Waals surface area contributed by atoms with E-state index in [0.717, 1.165) is 0 Å². The van der Waals surface area contributed by atoms with Crippen molar-refractivity contribution in [3.05, 3.63) is 24.0 Å². The van der Waals surface area contributed by atoms with Crippen molar-refractivity contribution in [2.45, 2.75) is 20.0 Å². The SMILES string of the molecule is COC(=O)C=Cc1cnc(OC(C)C)nc1. The van der Waals surface area contributed by atoms with E-state index in [2.05, 4.69) is 14.7 Å². The van der Waals surface area contributed by atoms with Crippen molar-refractivity contribution >= 4 is 12.0 Å². The number of carbonyl (C=O) groups excluding carboxylic acids is 1. The predicted molar refractivity (Wildman–Crippen MR) is 58.8 cm³/mol. The van der Waals surface area contributed by atoms with Crippen molar-refractivity contribution in [3.8, 4) is 6.01 Å². The topological polar surface area (TPSA) is 61.3 Å². The number of carbonyl (C=O) groups is 1. The zero-order valence-corrected chi connectivity index (χ0v) is 9.51. The molecule has 0 saturated carbocycles. The highest BCUT2D eigenvalue weighted by atomic mass is 16.5. The van der Waals surface area contributed by atoms with Crippen LogP contribution in [0, 0.1) is 0 Å². The quantitative estimate of drug-likeness (QED) is 0.570. The van der Waals surface area contributed by atoms with Crippen molar-refractivity contribution in [1.29, 1.82) is 0 Å². The number of rotatable bonds is 4. The van der Waals surface area contributed by atoms with Crippen LogP contribution in [-0.4, -0.2) is 29.2 Å². The third-order valence-electron chi connectivity index (χ3n) is 1.60. The third kappa shape index (κ3) is 4.08. The molecular weight excluding hydrogens is 208 g/mol. The monoisotopic (exact) mass is 222 g/mol. The van der Waals surface area contributed by atoms with Gasteiger partial charge in [0.2, 0.25) is 0 Å². The normalized spacial score (nSPS) is 10.8. The van der Waals surface area contributed by atoms with E-state index >= 15 is 0 Å². The summed E-state index contributed by atoms with van der Waals surface area (Å²) in [5, 5.41) is 0. The molecule has 0 unspecified atom stereocenters. The molecule has 0 bridgehead atoms. The number of hydrogen-bond acceptors (Lipinski definition) is 5. The van der Waals surface area contributed by atoms with E-state index in [1.54, 1.807) is 18.5 Å². The number of hydrogen-bond donors (Lipinski definition) is 0. The van der Waals surface area contributed by atoms with Gasteiger partial charge in [0.15, 0.2) is 0 Å². The minimum atomic E-state index is -0.414. The number of esters is 1. The molecule has 1 aromatic rings. The third-order valence-corrected chi connectivity index (χ3v) is 1.60. The second-order valence-electron chi connectivity index (χ2n) is 3.32. The van der Waals surface area contributed by atoms with Crippen molar-refractivity contribution in [2.75, 3.05) is 7.11 Å². The van der Waals surface area contributed by atoms with Gasteiger partial charge in [0.05, 0.1) is 13.2 Å². The Balaban J connectivity index is 2.64. The first-order valence-corrected chi connectivity index (χ1v) is 4.86. The van der Waals surface area contributed by atoms with Crippen molar-refractivity contribution in [1.82, 2.24) is 9.97 Å². The maximum absolute atomic E-state index is 10.8. The van der Waals surface area contributed by atoms with E-state index in [1.807, 2.05) is 13.8 Å². The van der Waals surface area contributed by atoms with Crippen LogP contribution in [0.5, 0.6) is 6.01 Å². The predicted octanol–water partition coefficient (Wildman–Crippen LogP) is 1.45. The second kappa shape index (κ2) is 5.85. The zero-order chi connectivity index (χ0) is 12.0. The highest BCUT2D eigenvalue weighted by Gasteiger charge is 2.00. The lowest BCUT2D eigenvalue weighted by atomic mass is 10.3. The van der Waals surface area contributed by atoms with Crippen molar-refractivity contribution in [3.63, 3.8) is 0 Å². The summed E-state index contributed by atoms with van der Waals surface area (Å²) < 4.78 is 9.74. The Morgan fingerprint density at radius 3 is 2.50 bits per heavy atom. The van der Waals surface area contributed by atoms with E-state index in [9.17, 15) is 4.79 Å². The van der Waals surface area contributed by atoms with Crippen LogP contribution < -0.4 is 4.74 Å². The summed E-state index contributed by atoms with van der Waals surface area (Å²) in [6.45, 7) is 3.79. The molecule has 5 heteroatoms. The molecule has 86 valence electrons. The van der Waals surface area contributed by atoms with Crippen LogP contribution in [0.25, 0.3) is 6.08 Å². The van der Waals surface area contributed by atoms with Gasteiger partial charge < -0.3 is 9.47 Å². The molecule has 1 rings (SSSR count). The highest BCUT2D eigenvalue weighted by molar-refractivity contribution is 5.86. The molecule has 0 atom stereocenters. The van der Waals surface area contributed by atoms with Crippen LogP contribution in [0.2, 0.25) is 0 Å². The summed E-state index contributed by atoms with van der Waals surface area (Å²) in [6, 6.07) is 0.324. The second-order valence-corrected chi connectivity index (χ2v) is 3.32. The first-order chi connectivity index (χ1) is 7.61. The molecule has 1 heterocycles. The van der Waals surface area contributed by atoms with Crippen LogP contribution in [0.3, 0.4) is 0 Å². The molecule has 0 aliphatic heterocycles. The zero-order valence-electron chi connectivity index (χ0n) is 9.51. The molecule has 0 amide bonds. The molecule has 0 aliphatic rings. The van der Waals surface area contributed by atoms with Gasteiger partial charge in [-0.3, -0.25) is 0 Å². The Hall–Kier alpha value is -1.91. The molecule has 0 aliphatic carbocycles. The van der Waals surface area contributed by atoms with E-state index in [-0.39, 0.29) is 6.10 Å². The molecular formula is C11H14N2O3. The molecule has 0 saturated heterocycles. The number of methoxy groups -OCH3 is 1. The summed E-state index contributed by atoms with van der Waals surface area (Å²) in [5.74, 6) is -0.414. The van der Waals surface area contributed by atoms with Gasteiger partial charge in [0.25, 0.3) is 0 Å². The largest absolute Gasteiger partial charge is 0.466 e. The van der Waals surface area contributed by atoms with Crippen LogP contribution in [0.1, 0.15) is 19.4 Å². The van der Waals surface area contributed by atoms with Crippen LogP contribution in [0.4, 0.5) is 0 Å². The maximum Gasteiger partial charge on any atom is 0.330 e. The lowest BCUT2D eigenvalue weighted by Gasteiger charge is -2.06. The first kappa shape index (κ1) is 12.2. The Kier molecular flexibility index (Phi) is 4.44. The van der Waals surface area contributed by atoms with Crippen LogP contribution in [-0.2, 0) is 9.53 Å². The van der Waals surface area contributed by atoms with Crippen molar-refractivity contribution < 1.29 is 14.3 Å². The Labute approximate surface area is 94.1 Å². The van der Waals surface area contributed by atoms with Gasteiger partial charge >= 0.3 is 12.0 Å². The summed E-state index contributed by atoms with van der Waals surface area (Å²) >= 11 is 0. The Morgan fingerprint density at radius 1 is 1.38 bits per heavy atom. The Morgan fingerprint density at radius 2 is 2.00 bits per heavy atom. The Bertz CT molecular complexity index is 371. The van der Waals surface area contributed by atoms with Gasteiger partial charge in [-0.2, -0.15) is 0 Å². The molecule has 0 spiro atoms. The fourth-order valence-corrected chi connectivity index (χ4v) is 0.916. The van der Waals surface area contributed by atoms with Crippen LogP contribution in [0.15, 0.2) is 18.5 Å². The highest BCUT2D eigenvalue weighted by Crippen LogP contribution is 2.06. The van der Waals surface area contributed by atoms with E-state index < -0.39 is 5.97 Å². The van der Waals surface area contributed by atoms with Gasteiger partial charge in [-0.05, 0) is 19.9 Å². The van der Waals surface area contributed by atoms with Gasteiger partial charge in [0.1, 0.15) is 0 Å². The number of aromatic nitrogens is 2. The number of nitrogens with zero attached hydrogens (tertiary/aromatic N) is 2. The standard InChI is InChI=1S/C11H14N2O3/c1-8(2)16-11-12-6-9(7-13-11)4-5-10(14)15-3/h4-8H,1-3H3. The molecule has 16 heavy (non-hydrogen) atoms. The first-order valence-electron chi connectivity index (χ1n) is 4.86. The lowest BCUT2D eigenvalue weighted by Crippen LogP contribution is -2.08. The molecule has 0 aromatic carbocycles. The van der Waals surface area contributed by atoms with Gasteiger partial charge in [-0.25, -0.2) is 14.8 Å². The smallest absolute Gasteiger partial charge is 0.330 e. The maximum atomic E-state index is 10.8. The van der Waals surface area contributed by atoms with E-state index in [0.29, 0.717) is 11.6 Å². The average molecular weight is 222 g/mol. The minimum Gasteiger partial charge on any atom is -0.466 e. The van der Waals surface area contributed by atoms with E-state index in [4.69, 9.17) is 4.74 Å². The van der Waals surface area contributed by atoms with Gasteiger partial charge in [-0.15, -0.1) is 0 Å². The fourth-order valence-electron chi connectivity index (χ4n) is 0.916. The summed E-state index contributed by atoms with van der Waals surface area (Å²) in [5.41, 5.74) is 0.710. The van der Waals surface area contributed by atoms with Crippen LogP contribution >= 0.6 is 0 Å². The number of ether oxygens (including phenoxy) is 2. The van der Waals surface area contributed by atoms with E-state index in [1.165, 1.54) is 13.2 Å².